The molecule has 3 heterocycles. The zero-order valence-corrected chi connectivity index (χ0v) is 19.9. The Balaban J connectivity index is 1.51. The summed E-state index contributed by atoms with van der Waals surface area (Å²) in [6.07, 6.45) is 3.95. The molecule has 8 heteroatoms. The molecule has 1 aliphatic rings. The van der Waals surface area contributed by atoms with Gasteiger partial charge in [0, 0.05) is 18.0 Å². The van der Waals surface area contributed by atoms with Crippen molar-refractivity contribution in [2.24, 2.45) is 0 Å². The highest BCUT2D eigenvalue weighted by atomic mass is 32.1. The molecule has 3 aromatic heterocycles. The van der Waals surface area contributed by atoms with Gasteiger partial charge in [0.25, 0.3) is 11.8 Å². The average Bonchev–Trinajstić information content (AvgIpc) is 3.47. The van der Waals surface area contributed by atoms with Crippen LogP contribution < -0.4 is 10.6 Å². The van der Waals surface area contributed by atoms with E-state index in [9.17, 15) is 14.0 Å². The number of amides is 2. The molecule has 2 N–H and O–H groups in total. The zero-order valence-electron chi connectivity index (χ0n) is 18.2. The summed E-state index contributed by atoms with van der Waals surface area (Å²) in [6.45, 7) is 2.80. The minimum Gasteiger partial charge on any atom is -0.352 e. The highest BCUT2D eigenvalue weighted by molar-refractivity contribution is 7.17. The van der Waals surface area contributed by atoms with Crippen molar-refractivity contribution in [2.75, 3.05) is 11.9 Å². The monoisotopic (exact) mass is 481 g/mol. The SMILES string of the molecule is CCNC(=O)c1c(NC(=O)c2cc3sccc3n2Cc2cccc(F)c2)sc2c1CCCC2. The molecule has 0 atom stereocenters. The summed E-state index contributed by atoms with van der Waals surface area (Å²) in [6, 6.07) is 10.3. The number of halogens is 1. The van der Waals surface area contributed by atoms with Crippen molar-refractivity contribution in [1.29, 1.82) is 0 Å². The molecular formula is C25H24FN3O2S2. The molecule has 5 rings (SSSR count). The summed E-state index contributed by atoms with van der Waals surface area (Å²) < 4.78 is 16.7. The van der Waals surface area contributed by atoms with E-state index in [0.717, 1.165) is 47.0 Å². The average molecular weight is 482 g/mol. The van der Waals surface area contributed by atoms with Gasteiger partial charge in [0.2, 0.25) is 0 Å². The Labute approximate surface area is 199 Å². The molecule has 0 radical (unpaired) electrons. The number of carbonyl (C=O) groups is 2. The van der Waals surface area contributed by atoms with E-state index in [-0.39, 0.29) is 17.6 Å². The van der Waals surface area contributed by atoms with Crippen LogP contribution in [-0.4, -0.2) is 22.9 Å². The maximum atomic E-state index is 13.8. The number of hydrogen-bond acceptors (Lipinski definition) is 4. The molecular weight excluding hydrogens is 457 g/mol. The number of nitrogens with one attached hydrogen (secondary N) is 2. The van der Waals surface area contributed by atoms with Crippen LogP contribution in [0.2, 0.25) is 0 Å². The van der Waals surface area contributed by atoms with E-state index in [2.05, 4.69) is 10.6 Å². The van der Waals surface area contributed by atoms with Crippen LogP contribution in [0.5, 0.6) is 0 Å². The van der Waals surface area contributed by atoms with Gasteiger partial charge in [0.1, 0.15) is 16.5 Å². The van der Waals surface area contributed by atoms with Crippen molar-refractivity contribution in [1.82, 2.24) is 9.88 Å². The van der Waals surface area contributed by atoms with Gasteiger partial charge in [-0.1, -0.05) is 12.1 Å². The smallest absolute Gasteiger partial charge is 0.272 e. The molecule has 0 aliphatic heterocycles. The third kappa shape index (κ3) is 4.20. The van der Waals surface area contributed by atoms with Gasteiger partial charge in [0.15, 0.2) is 0 Å². The molecule has 0 saturated carbocycles. The van der Waals surface area contributed by atoms with Crippen molar-refractivity contribution in [3.63, 3.8) is 0 Å². The first-order valence-corrected chi connectivity index (χ1v) is 12.8. The lowest BCUT2D eigenvalue weighted by atomic mass is 9.95. The molecule has 170 valence electrons. The molecule has 33 heavy (non-hydrogen) atoms. The first-order valence-electron chi connectivity index (χ1n) is 11.1. The molecule has 2 amide bonds. The minimum atomic E-state index is -0.303. The largest absolute Gasteiger partial charge is 0.352 e. The number of rotatable bonds is 6. The van der Waals surface area contributed by atoms with Crippen LogP contribution in [0.15, 0.2) is 41.8 Å². The Morgan fingerprint density at radius 3 is 2.79 bits per heavy atom. The number of thiophene rings is 2. The van der Waals surface area contributed by atoms with Crippen molar-refractivity contribution >= 4 is 49.7 Å². The predicted molar refractivity (Wildman–Crippen MR) is 132 cm³/mol. The lowest BCUT2D eigenvalue weighted by Gasteiger charge is -2.13. The second-order valence-electron chi connectivity index (χ2n) is 8.14. The Bertz CT molecular complexity index is 1350. The molecule has 0 fully saturated rings. The van der Waals surface area contributed by atoms with Gasteiger partial charge in [-0.25, -0.2) is 4.39 Å². The van der Waals surface area contributed by atoms with E-state index in [1.165, 1.54) is 28.3 Å². The lowest BCUT2D eigenvalue weighted by Crippen LogP contribution is -2.26. The van der Waals surface area contributed by atoms with Crippen LogP contribution in [0.4, 0.5) is 9.39 Å². The Kier molecular flexibility index (Phi) is 6.03. The number of carbonyl (C=O) groups excluding carboxylic acids is 2. The third-order valence-corrected chi connectivity index (χ3v) is 8.01. The lowest BCUT2D eigenvalue weighted by molar-refractivity contribution is 0.0956. The number of anilines is 1. The van der Waals surface area contributed by atoms with E-state index in [0.29, 0.717) is 29.3 Å². The van der Waals surface area contributed by atoms with Crippen molar-refractivity contribution < 1.29 is 14.0 Å². The summed E-state index contributed by atoms with van der Waals surface area (Å²) in [4.78, 5) is 27.5. The molecule has 0 saturated heterocycles. The summed E-state index contributed by atoms with van der Waals surface area (Å²) in [5, 5.41) is 8.53. The highest BCUT2D eigenvalue weighted by Crippen LogP contribution is 2.38. The molecule has 0 unspecified atom stereocenters. The maximum absolute atomic E-state index is 13.8. The number of hydrogen-bond donors (Lipinski definition) is 2. The quantitative estimate of drug-likeness (QED) is 0.364. The number of aryl methyl sites for hydroxylation is 1. The highest BCUT2D eigenvalue weighted by Gasteiger charge is 2.27. The van der Waals surface area contributed by atoms with Gasteiger partial charge < -0.3 is 15.2 Å². The van der Waals surface area contributed by atoms with E-state index in [1.807, 2.05) is 35.1 Å². The Morgan fingerprint density at radius 2 is 1.97 bits per heavy atom. The first-order chi connectivity index (χ1) is 16.0. The van der Waals surface area contributed by atoms with Crippen LogP contribution in [0.3, 0.4) is 0 Å². The van der Waals surface area contributed by atoms with Crippen LogP contribution >= 0.6 is 22.7 Å². The maximum Gasteiger partial charge on any atom is 0.272 e. The fraction of sp³-hybridized carbons (Fsp3) is 0.280. The number of benzene rings is 1. The van der Waals surface area contributed by atoms with E-state index < -0.39 is 0 Å². The normalized spacial score (nSPS) is 13.2. The first kappa shape index (κ1) is 21.9. The standard InChI is InChI=1S/C25H24FN3O2S2/c1-2-27-24(31)22-17-8-3-4-9-20(17)33-25(22)28-23(30)19-13-21-18(10-11-32-21)29(19)14-15-6-5-7-16(26)12-15/h5-7,10-13H,2-4,8-9,14H2,1H3,(H,27,31)(H,28,30). The Hall–Kier alpha value is -2.97. The summed E-state index contributed by atoms with van der Waals surface area (Å²) in [5.41, 5.74) is 3.89. The second-order valence-corrected chi connectivity index (χ2v) is 10.2. The zero-order chi connectivity index (χ0) is 22.9. The molecule has 1 aromatic carbocycles. The van der Waals surface area contributed by atoms with Gasteiger partial charge in [-0.2, -0.15) is 0 Å². The summed E-state index contributed by atoms with van der Waals surface area (Å²) >= 11 is 3.07. The topological polar surface area (TPSA) is 63.1 Å². The summed E-state index contributed by atoms with van der Waals surface area (Å²) in [7, 11) is 0. The van der Waals surface area contributed by atoms with E-state index in [1.54, 1.807) is 17.4 Å². The fourth-order valence-corrected chi connectivity index (χ4v) is 6.57. The van der Waals surface area contributed by atoms with Gasteiger partial charge >= 0.3 is 0 Å². The Morgan fingerprint density at radius 1 is 1.12 bits per heavy atom. The molecule has 4 aromatic rings. The van der Waals surface area contributed by atoms with Crippen molar-refractivity contribution in [3.05, 3.63) is 74.9 Å². The predicted octanol–water partition coefficient (Wildman–Crippen LogP) is 5.83. The second kappa shape index (κ2) is 9.11. The van der Waals surface area contributed by atoms with Gasteiger partial charge in [-0.3, -0.25) is 9.59 Å². The fourth-order valence-electron chi connectivity index (χ4n) is 4.46. The van der Waals surface area contributed by atoms with Gasteiger partial charge in [0.05, 0.1) is 15.8 Å². The van der Waals surface area contributed by atoms with Crippen LogP contribution in [0, 0.1) is 5.82 Å². The van der Waals surface area contributed by atoms with Crippen LogP contribution in [0.1, 0.15) is 56.6 Å². The number of aromatic nitrogens is 1. The van der Waals surface area contributed by atoms with Crippen LogP contribution in [0.25, 0.3) is 10.2 Å². The van der Waals surface area contributed by atoms with E-state index >= 15 is 0 Å². The molecule has 0 spiro atoms. The van der Waals surface area contributed by atoms with Gasteiger partial charge in [-0.15, -0.1) is 22.7 Å². The van der Waals surface area contributed by atoms with Gasteiger partial charge in [-0.05, 0) is 73.4 Å². The summed E-state index contributed by atoms with van der Waals surface area (Å²) in [5.74, 6) is -0.703. The van der Waals surface area contributed by atoms with E-state index in [4.69, 9.17) is 0 Å². The molecule has 0 bridgehead atoms. The number of nitrogens with zero attached hydrogens (tertiary/aromatic N) is 1. The van der Waals surface area contributed by atoms with Crippen molar-refractivity contribution in [3.8, 4) is 0 Å². The minimum absolute atomic E-state index is 0.136. The van der Waals surface area contributed by atoms with Crippen LogP contribution in [-0.2, 0) is 19.4 Å². The van der Waals surface area contributed by atoms with Crippen molar-refractivity contribution in [2.45, 2.75) is 39.2 Å². The number of fused-ring (bicyclic) bond motifs is 2. The molecule has 5 nitrogen and oxygen atoms in total. The third-order valence-electron chi connectivity index (χ3n) is 5.95. The molecule has 1 aliphatic carbocycles.